The van der Waals surface area contributed by atoms with Gasteiger partial charge in [-0.15, -0.1) is 0 Å². The fraction of sp³-hybridized carbons (Fsp3) is 0.241. The topological polar surface area (TPSA) is 130 Å². The zero-order chi connectivity index (χ0) is 27.1. The van der Waals surface area contributed by atoms with E-state index in [1.807, 2.05) is 30.3 Å². The minimum atomic E-state index is -1.33. The van der Waals surface area contributed by atoms with E-state index in [1.165, 1.54) is 0 Å². The van der Waals surface area contributed by atoms with Gasteiger partial charge < -0.3 is 29.8 Å². The van der Waals surface area contributed by atoms with E-state index < -0.39 is 11.6 Å². The highest BCUT2D eigenvalue weighted by atomic mass is 16.5. The number of H-pyrrole nitrogens is 1. The van der Waals surface area contributed by atoms with Crippen LogP contribution in [-0.2, 0) is 15.2 Å². The molecule has 1 aliphatic heterocycles. The van der Waals surface area contributed by atoms with Gasteiger partial charge in [-0.3, -0.25) is 14.6 Å². The molecule has 3 N–H and O–H groups in total. The number of rotatable bonds is 12. The number of carbonyl (C=O) groups excluding carboxylic acids is 1. The van der Waals surface area contributed by atoms with Crippen molar-refractivity contribution in [2.24, 2.45) is 0 Å². The lowest BCUT2D eigenvalue weighted by atomic mass is 9.84. The van der Waals surface area contributed by atoms with Crippen LogP contribution in [0.5, 0.6) is 11.5 Å². The minimum Gasteiger partial charge on any atom is -0.481 e. The number of carboxylic acids is 1. The van der Waals surface area contributed by atoms with Gasteiger partial charge in [0.1, 0.15) is 11.5 Å². The number of ether oxygens (including phenoxy) is 2. The van der Waals surface area contributed by atoms with E-state index in [1.54, 1.807) is 60.0 Å². The first-order chi connectivity index (χ1) is 19.0. The van der Waals surface area contributed by atoms with Crippen LogP contribution in [0.4, 0.5) is 11.6 Å². The maximum Gasteiger partial charge on any atom is 0.308 e. The number of aliphatic carboxylic acids is 1. The first-order valence-electron chi connectivity index (χ1n) is 12.7. The number of pyridine rings is 1. The number of carboxylic acid groups (broad SMARTS) is 1. The lowest BCUT2D eigenvalue weighted by molar-refractivity contribution is -0.140. The van der Waals surface area contributed by atoms with Gasteiger partial charge in [0.2, 0.25) is 0 Å². The first-order valence-corrected chi connectivity index (χ1v) is 12.7. The van der Waals surface area contributed by atoms with Gasteiger partial charge in [-0.2, -0.15) is 0 Å². The number of aromatic nitrogens is 3. The summed E-state index contributed by atoms with van der Waals surface area (Å²) >= 11 is 0. The lowest BCUT2D eigenvalue weighted by Crippen LogP contribution is -2.40. The summed E-state index contributed by atoms with van der Waals surface area (Å²) in [7, 11) is 0. The number of imidazole rings is 1. The van der Waals surface area contributed by atoms with E-state index >= 15 is 0 Å². The van der Waals surface area contributed by atoms with E-state index in [0.717, 1.165) is 25.3 Å². The third-order valence-corrected chi connectivity index (χ3v) is 6.53. The van der Waals surface area contributed by atoms with Gasteiger partial charge in [-0.1, -0.05) is 36.4 Å². The van der Waals surface area contributed by atoms with Gasteiger partial charge in [0.15, 0.2) is 18.2 Å². The van der Waals surface area contributed by atoms with Crippen molar-refractivity contribution in [1.29, 1.82) is 0 Å². The van der Waals surface area contributed by atoms with Crippen molar-refractivity contribution in [3.8, 4) is 11.5 Å². The Labute approximate surface area is 225 Å². The molecule has 0 bridgehead atoms. The zero-order valence-corrected chi connectivity index (χ0v) is 21.2. The van der Waals surface area contributed by atoms with Crippen molar-refractivity contribution < 1.29 is 24.2 Å². The molecule has 1 aliphatic rings. The number of aromatic amines is 1. The Morgan fingerprint density at radius 3 is 2.69 bits per heavy atom. The van der Waals surface area contributed by atoms with Crippen molar-refractivity contribution in [3.05, 3.63) is 96.6 Å². The molecule has 10 heteroatoms. The molecule has 4 aromatic rings. The molecular formula is C29H29N5O5. The number of nitrogens with one attached hydrogen (secondary N) is 2. The molecule has 0 radical (unpaired) electrons. The smallest absolute Gasteiger partial charge is 0.308 e. The molecule has 0 fully saturated rings. The number of carbonyl (C=O) groups is 2. The SMILES string of the molecule is O=C(O)CC(Oc1ccc2c(c1)OCC(=O)N2CCCCNc1ncc[nH]1)(c1ccccc1)c1cccnc1. The summed E-state index contributed by atoms with van der Waals surface area (Å²) in [6, 6.07) is 18.0. The summed E-state index contributed by atoms with van der Waals surface area (Å²) in [5.74, 6) is 0.505. The highest BCUT2D eigenvalue weighted by Crippen LogP contribution is 2.41. The summed E-state index contributed by atoms with van der Waals surface area (Å²) in [5, 5.41) is 13.1. The van der Waals surface area contributed by atoms with Gasteiger partial charge in [0.05, 0.1) is 12.1 Å². The fourth-order valence-electron chi connectivity index (χ4n) is 4.70. The van der Waals surface area contributed by atoms with Crippen LogP contribution in [0.15, 0.2) is 85.5 Å². The summed E-state index contributed by atoms with van der Waals surface area (Å²) < 4.78 is 12.3. The predicted octanol–water partition coefficient (Wildman–Crippen LogP) is 4.22. The monoisotopic (exact) mass is 527 g/mol. The molecule has 39 heavy (non-hydrogen) atoms. The molecule has 1 atom stereocenters. The van der Waals surface area contributed by atoms with Gasteiger partial charge in [-0.05, 0) is 31.0 Å². The molecule has 1 unspecified atom stereocenters. The molecule has 0 aliphatic carbocycles. The highest BCUT2D eigenvalue weighted by molar-refractivity contribution is 5.97. The minimum absolute atomic E-state index is 0.0807. The second-order valence-corrected chi connectivity index (χ2v) is 9.14. The number of nitrogens with zero attached hydrogens (tertiary/aromatic N) is 3. The quantitative estimate of drug-likeness (QED) is 0.234. The number of hydrogen-bond acceptors (Lipinski definition) is 7. The number of amides is 1. The maximum atomic E-state index is 12.7. The van der Waals surface area contributed by atoms with Crippen LogP contribution in [0.25, 0.3) is 0 Å². The molecular weight excluding hydrogens is 498 g/mol. The first kappa shape index (κ1) is 25.8. The molecule has 0 spiro atoms. The fourth-order valence-corrected chi connectivity index (χ4v) is 4.70. The summed E-state index contributed by atoms with van der Waals surface area (Å²) in [4.78, 5) is 37.9. The molecule has 1 amide bonds. The number of unbranched alkanes of at least 4 members (excludes halogenated alkanes) is 1. The van der Waals surface area contributed by atoms with Crippen molar-refractivity contribution >= 4 is 23.5 Å². The second-order valence-electron chi connectivity index (χ2n) is 9.14. The average molecular weight is 528 g/mol. The Hall–Kier alpha value is -4.86. The Kier molecular flexibility index (Phi) is 7.72. The third-order valence-electron chi connectivity index (χ3n) is 6.53. The van der Waals surface area contributed by atoms with Crippen LogP contribution in [0.3, 0.4) is 0 Å². The van der Waals surface area contributed by atoms with Gasteiger partial charge in [-0.25, -0.2) is 4.98 Å². The number of hydrogen-bond donors (Lipinski definition) is 3. The Bertz CT molecular complexity index is 1360. The standard InChI is InChI=1S/C29H29N5O5/c35-26-20-38-25-17-23(10-11-24(25)34(26)16-5-4-13-31-28-32-14-15-33-28)39-29(18-27(36)37,21-7-2-1-3-8-21)22-9-6-12-30-19-22/h1-3,6-12,14-15,17,19H,4-5,13,16,18,20H2,(H,36,37)(H2,31,32,33). The molecule has 5 rings (SSSR count). The largest absolute Gasteiger partial charge is 0.481 e. The van der Waals surface area contributed by atoms with E-state index in [2.05, 4.69) is 20.3 Å². The van der Waals surface area contributed by atoms with Crippen molar-refractivity contribution in [2.75, 3.05) is 29.9 Å². The number of fused-ring (bicyclic) bond motifs is 1. The van der Waals surface area contributed by atoms with Crippen LogP contribution >= 0.6 is 0 Å². The van der Waals surface area contributed by atoms with Crippen LogP contribution in [0, 0.1) is 0 Å². The summed E-state index contributed by atoms with van der Waals surface area (Å²) in [6.07, 6.45) is 8.00. The third kappa shape index (κ3) is 5.85. The molecule has 10 nitrogen and oxygen atoms in total. The Balaban J connectivity index is 1.38. The highest BCUT2D eigenvalue weighted by Gasteiger charge is 2.40. The number of anilines is 2. The van der Waals surface area contributed by atoms with E-state index in [4.69, 9.17) is 9.47 Å². The zero-order valence-electron chi connectivity index (χ0n) is 21.2. The molecule has 2 aromatic heterocycles. The van der Waals surface area contributed by atoms with E-state index in [-0.39, 0.29) is 18.9 Å². The van der Waals surface area contributed by atoms with Gasteiger partial charge >= 0.3 is 5.97 Å². The van der Waals surface area contributed by atoms with E-state index in [0.29, 0.717) is 34.9 Å². The maximum absolute atomic E-state index is 12.7. The number of benzene rings is 2. The summed E-state index contributed by atoms with van der Waals surface area (Å²) in [5.41, 5.74) is 0.611. The molecule has 200 valence electrons. The molecule has 2 aromatic carbocycles. The van der Waals surface area contributed by atoms with Gasteiger partial charge in [0, 0.05) is 55.1 Å². The van der Waals surface area contributed by atoms with Crippen LogP contribution in [0.1, 0.15) is 30.4 Å². The van der Waals surface area contributed by atoms with Crippen LogP contribution in [-0.4, -0.2) is 51.6 Å². The molecule has 0 saturated heterocycles. The molecule has 0 saturated carbocycles. The van der Waals surface area contributed by atoms with E-state index in [9.17, 15) is 14.7 Å². The second kappa shape index (κ2) is 11.7. The van der Waals surface area contributed by atoms with Crippen molar-refractivity contribution in [1.82, 2.24) is 15.0 Å². The lowest BCUT2D eigenvalue weighted by Gasteiger charge is -2.35. The van der Waals surface area contributed by atoms with Crippen LogP contribution < -0.4 is 19.7 Å². The van der Waals surface area contributed by atoms with Crippen molar-refractivity contribution in [3.63, 3.8) is 0 Å². The predicted molar refractivity (Wildman–Crippen MR) is 145 cm³/mol. The Morgan fingerprint density at radius 1 is 1.10 bits per heavy atom. The normalized spacial score (nSPS) is 14.2. The van der Waals surface area contributed by atoms with Crippen LogP contribution in [0.2, 0.25) is 0 Å². The Morgan fingerprint density at radius 2 is 1.95 bits per heavy atom. The van der Waals surface area contributed by atoms with Crippen molar-refractivity contribution in [2.45, 2.75) is 24.9 Å². The van der Waals surface area contributed by atoms with Gasteiger partial charge in [0.25, 0.3) is 5.91 Å². The average Bonchev–Trinajstić information content (AvgIpc) is 3.48. The summed E-state index contributed by atoms with van der Waals surface area (Å²) in [6.45, 7) is 1.19. The molecule has 3 heterocycles.